The Labute approximate surface area is 113 Å². The van der Waals surface area contributed by atoms with E-state index in [1.807, 2.05) is 36.0 Å². The quantitative estimate of drug-likeness (QED) is 0.588. The number of thioether (sulfide) groups is 1. The Morgan fingerprint density at radius 2 is 2.06 bits per heavy atom. The molecule has 1 rings (SSSR count). The summed E-state index contributed by atoms with van der Waals surface area (Å²) >= 11 is 6.90. The van der Waals surface area contributed by atoms with Crippen molar-refractivity contribution in [1.29, 1.82) is 0 Å². The monoisotopic (exact) mass is 268 g/mol. The smallest absolute Gasteiger partial charge is 0.103 e. The minimum atomic E-state index is 0.448. The molecular formula is C13H20N2S2. The fraction of sp³-hybridized carbons (Fsp3) is 0.462. The molecule has 0 aromatic heterocycles. The van der Waals surface area contributed by atoms with Crippen LogP contribution in [-0.4, -0.2) is 22.5 Å². The van der Waals surface area contributed by atoms with Gasteiger partial charge in [-0.2, -0.15) is 11.8 Å². The molecule has 0 heterocycles. The molecule has 1 atom stereocenters. The van der Waals surface area contributed by atoms with Gasteiger partial charge in [0.05, 0.1) is 0 Å². The van der Waals surface area contributed by atoms with Crippen LogP contribution in [0, 0.1) is 0 Å². The van der Waals surface area contributed by atoms with Crippen LogP contribution >= 0.6 is 24.0 Å². The van der Waals surface area contributed by atoms with Gasteiger partial charge in [0.2, 0.25) is 0 Å². The maximum absolute atomic E-state index is 5.55. The Kier molecular flexibility index (Phi) is 6.37. The molecule has 1 unspecified atom stereocenters. The second-order valence-electron chi connectivity index (χ2n) is 3.97. The van der Waals surface area contributed by atoms with Crippen molar-refractivity contribution in [3.05, 3.63) is 29.8 Å². The van der Waals surface area contributed by atoms with E-state index in [4.69, 9.17) is 18.0 Å². The third-order valence-corrected chi connectivity index (χ3v) is 3.65. The van der Waals surface area contributed by atoms with Crippen LogP contribution in [0.15, 0.2) is 24.3 Å². The number of nitrogens with one attached hydrogen (secondary N) is 1. The van der Waals surface area contributed by atoms with E-state index >= 15 is 0 Å². The van der Waals surface area contributed by atoms with Crippen molar-refractivity contribution in [2.24, 2.45) is 5.73 Å². The molecule has 0 aliphatic heterocycles. The molecule has 0 aliphatic rings. The van der Waals surface area contributed by atoms with Gasteiger partial charge in [-0.15, -0.1) is 0 Å². The summed E-state index contributed by atoms with van der Waals surface area (Å²) in [6.07, 6.45) is 1.18. The van der Waals surface area contributed by atoms with Crippen LogP contribution < -0.4 is 11.1 Å². The first kappa shape index (κ1) is 14.3. The van der Waals surface area contributed by atoms with Crippen molar-refractivity contribution in [3.63, 3.8) is 0 Å². The van der Waals surface area contributed by atoms with Gasteiger partial charge in [-0.3, -0.25) is 0 Å². The first-order valence-corrected chi connectivity index (χ1v) is 7.44. The van der Waals surface area contributed by atoms with Gasteiger partial charge in [-0.1, -0.05) is 19.1 Å². The molecule has 0 radical (unpaired) electrons. The molecule has 4 heteroatoms. The van der Waals surface area contributed by atoms with Crippen molar-refractivity contribution in [3.8, 4) is 0 Å². The standard InChI is InChI=1S/C13H20N2S2/c1-3-17-9-8-10(2)15-12-6-4-11(5-7-12)13(14)16/h4-7,10,15H,3,8-9H2,1-2H3,(H2,14,16). The maximum Gasteiger partial charge on any atom is 0.103 e. The summed E-state index contributed by atoms with van der Waals surface area (Å²) in [5.74, 6) is 2.39. The van der Waals surface area contributed by atoms with E-state index in [9.17, 15) is 0 Å². The van der Waals surface area contributed by atoms with Gasteiger partial charge in [0, 0.05) is 17.3 Å². The highest BCUT2D eigenvalue weighted by Crippen LogP contribution is 2.13. The van der Waals surface area contributed by atoms with Crippen molar-refractivity contribution in [1.82, 2.24) is 0 Å². The molecule has 0 fully saturated rings. The highest BCUT2D eigenvalue weighted by molar-refractivity contribution is 7.99. The molecular weight excluding hydrogens is 248 g/mol. The molecule has 3 N–H and O–H groups in total. The number of nitrogens with two attached hydrogens (primary N) is 1. The Morgan fingerprint density at radius 3 is 2.59 bits per heavy atom. The van der Waals surface area contributed by atoms with Crippen LogP contribution in [0.5, 0.6) is 0 Å². The molecule has 0 spiro atoms. The van der Waals surface area contributed by atoms with Gasteiger partial charge in [0.15, 0.2) is 0 Å². The predicted octanol–water partition coefficient (Wildman–Crippen LogP) is 3.26. The number of hydrogen-bond acceptors (Lipinski definition) is 3. The molecule has 94 valence electrons. The summed E-state index contributed by atoms with van der Waals surface area (Å²) in [5, 5.41) is 3.47. The second-order valence-corrected chi connectivity index (χ2v) is 5.81. The number of benzene rings is 1. The van der Waals surface area contributed by atoms with Gasteiger partial charge in [-0.25, -0.2) is 0 Å². The largest absolute Gasteiger partial charge is 0.389 e. The van der Waals surface area contributed by atoms with Gasteiger partial charge in [-0.05, 0) is 49.1 Å². The lowest BCUT2D eigenvalue weighted by Crippen LogP contribution is -2.16. The average molecular weight is 268 g/mol. The summed E-state index contributed by atoms with van der Waals surface area (Å²) in [5.41, 5.74) is 7.59. The van der Waals surface area contributed by atoms with Gasteiger partial charge in [0.25, 0.3) is 0 Å². The number of anilines is 1. The molecule has 1 aromatic rings. The van der Waals surface area contributed by atoms with Crippen molar-refractivity contribution >= 4 is 34.7 Å². The molecule has 0 amide bonds. The zero-order valence-electron chi connectivity index (χ0n) is 10.4. The van der Waals surface area contributed by atoms with Crippen LogP contribution in [0.3, 0.4) is 0 Å². The molecule has 0 saturated carbocycles. The van der Waals surface area contributed by atoms with Crippen molar-refractivity contribution in [2.75, 3.05) is 16.8 Å². The number of thiocarbonyl (C=S) groups is 1. The van der Waals surface area contributed by atoms with E-state index in [1.165, 1.54) is 17.9 Å². The van der Waals surface area contributed by atoms with Crippen LogP contribution in [0.4, 0.5) is 5.69 Å². The number of hydrogen-bond donors (Lipinski definition) is 2. The van der Waals surface area contributed by atoms with E-state index in [-0.39, 0.29) is 0 Å². The fourth-order valence-electron chi connectivity index (χ4n) is 1.49. The molecule has 0 bridgehead atoms. The first-order valence-electron chi connectivity index (χ1n) is 5.87. The van der Waals surface area contributed by atoms with Crippen LogP contribution in [0.25, 0.3) is 0 Å². The second kappa shape index (κ2) is 7.56. The molecule has 2 nitrogen and oxygen atoms in total. The van der Waals surface area contributed by atoms with Gasteiger partial charge < -0.3 is 11.1 Å². The summed E-state index contributed by atoms with van der Waals surface area (Å²) in [6, 6.07) is 8.46. The van der Waals surface area contributed by atoms with Gasteiger partial charge in [0.1, 0.15) is 4.99 Å². The zero-order chi connectivity index (χ0) is 12.7. The van der Waals surface area contributed by atoms with Crippen LogP contribution in [-0.2, 0) is 0 Å². The third-order valence-electron chi connectivity index (χ3n) is 2.48. The summed E-state index contributed by atoms with van der Waals surface area (Å²) in [4.78, 5) is 0.448. The van der Waals surface area contributed by atoms with Crippen LogP contribution in [0.1, 0.15) is 25.8 Å². The zero-order valence-corrected chi connectivity index (χ0v) is 12.0. The Morgan fingerprint density at radius 1 is 1.41 bits per heavy atom. The van der Waals surface area contributed by atoms with E-state index in [1.54, 1.807) is 0 Å². The van der Waals surface area contributed by atoms with Crippen molar-refractivity contribution < 1.29 is 0 Å². The van der Waals surface area contributed by atoms with E-state index in [2.05, 4.69) is 19.2 Å². The summed E-state index contributed by atoms with van der Waals surface area (Å²) in [7, 11) is 0. The topological polar surface area (TPSA) is 38.0 Å². The molecule has 17 heavy (non-hydrogen) atoms. The first-order chi connectivity index (χ1) is 8.13. The lowest BCUT2D eigenvalue weighted by atomic mass is 10.2. The Balaban J connectivity index is 2.43. The van der Waals surface area contributed by atoms with E-state index in [0.717, 1.165) is 11.3 Å². The minimum absolute atomic E-state index is 0.448. The van der Waals surface area contributed by atoms with E-state index in [0.29, 0.717) is 11.0 Å². The van der Waals surface area contributed by atoms with Crippen LogP contribution in [0.2, 0.25) is 0 Å². The maximum atomic E-state index is 5.55. The van der Waals surface area contributed by atoms with Crippen molar-refractivity contribution in [2.45, 2.75) is 26.3 Å². The number of rotatable bonds is 7. The Hall–Kier alpha value is -0.740. The molecule has 1 aromatic carbocycles. The highest BCUT2D eigenvalue weighted by Gasteiger charge is 2.02. The lowest BCUT2D eigenvalue weighted by Gasteiger charge is -2.15. The van der Waals surface area contributed by atoms with E-state index < -0.39 is 0 Å². The normalized spacial score (nSPS) is 12.1. The average Bonchev–Trinajstić information content (AvgIpc) is 2.30. The summed E-state index contributed by atoms with van der Waals surface area (Å²) < 4.78 is 0. The summed E-state index contributed by atoms with van der Waals surface area (Å²) in [6.45, 7) is 4.40. The molecule has 0 saturated heterocycles. The lowest BCUT2D eigenvalue weighted by molar-refractivity contribution is 0.772. The fourth-order valence-corrected chi connectivity index (χ4v) is 2.44. The minimum Gasteiger partial charge on any atom is -0.389 e. The SMILES string of the molecule is CCSCCC(C)Nc1ccc(C(N)=S)cc1. The van der Waals surface area contributed by atoms with Gasteiger partial charge >= 0.3 is 0 Å². The molecule has 0 aliphatic carbocycles. The third kappa shape index (κ3) is 5.41. The highest BCUT2D eigenvalue weighted by atomic mass is 32.2. The Bertz CT molecular complexity index is 349. The predicted molar refractivity (Wildman–Crippen MR) is 83.0 cm³/mol.